The average Bonchev–Trinajstić information content (AvgIpc) is 3.31. The van der Waals surface area contributed by atoms with Crippen LogP contribution in [0.15, 0.2) is 77.2 Å². The molecule has 0 bridgehead atoms. The monoisotopic (exact) mass is 498 g/mol. The van der Waals surface area contributed by atoms with Crippen LogP contribution in [0.25, 0.3) is 16.6 Å². The molecule has 0 fully saturated rings. The van der Waals surface area contributed by atoms with E-state index in [1.165, 1.54) is 0 Å². The van der Waals surface area contributed by atoms with Crippen LogP contribution in [-0.4, -0.2) is 33.9 Å². The van der Waals surface area contributed by atoms with Crippen molar-refractivity contribution in [1.82, 2.24) is 8.75 Å². The number of carboxylic acids is 1. The van der Waals surface area contributed by atoms with Crippen molar-refractivity contribution in [3.63, 3.8) is 0 Å². The van der Waals surface area contributed by atoms with Gasteiger partial charge in [0.05, 0.1) is 24.8 Å². The predicted octanol–water partition coefficient (Wildman–Crippen LogP) is 1.05. The molecule has 0 saturated heterocycles. The number of hydrogen-bond acceptors (Lipinski definition) is 8. The molecule has 0 spiro atoms. The van der Waals surface area contributed by atoms with Gasteiger partial charge in [0, 0.05) is 28.0 Å². The number of carboxylic acid groups (broad SMARTS) is 1. The molecule has 34 heavy (non-hydrogen) atoms. The third-order valence-corrected chi connectivity index (χ3v) is 6.49. The molecule has 0 amide bonds. The van der Waals surface area contributed by atoms with Crippen LogP contribution >= 0.6 is 23.5 Å². The zero-order valence-corrected chi connectivity index (χ0v) is 22.5. The van der Waals surface area contributed by atoms with Crippen molar-refractivity contribution in [2.24, 2.45) is 0 Å². The summed E-state index contributed by atoms with van der Waals surface area (Å²) < 4.78 is 13.7. The number of hydrogen-bond donors (Lipinski definition) is 0. The second kappa shape index (κ2) is 11.8. The van der Waals surface area contributed by atoms with E-state index in [1.807, 2.05) is 24.5 Å². The van der Waals surface area contributed by atoms with Gasteiger partial charge in [-0.25, -0.2) is 0 Å². The van der Waals surface area contributed by atoms with E-state index in [0.717, 1.165) is 22.2 Å². The summed E-state index contributed by atoms with van der Waals surface area (Å²) in [5, 5.41) is 12.4. The number of Topliss-reactive ketones (excluding diaryl/α,β-unsaturated/α-hetero) is 1. The van der Waals surface area contributed by atoms with E-state index >= 15 is 0 Å². The third kappa shape index (κ3) is 5.76. The molecular formula is C25H19N2NaO4S2. The summed E-state index contributed by atoms with van der Waals surface area (Å²) >= 11 is 2.60. The van der Waals surface area contributed by atoms with Crippen LogP contribution in [0.2, 0.25) is 0 Å². The van der Waals surface area contributed by atoms with Crippen molar-refractivity contribution in [1.29, 1.82) is 0 Å². The fraction of sp³-hybridized carbons (Fsp3) is 0.120. The van der Waals surface area contributed by atoms with E-state index in [0.29, 0.717) is 27.9 Å². The number of nitrogens with zero attached hydrogens (tertiary/aromatic N) is 2. The van der Waals surface area contributed by atoms with Gasteiger partial charge in [-0.2, -0.15) is 8.75 Å². The number of fused-ring (bicyclic) bond motifs is 1. The molecule has 0 aliphatic rings. The molecule has 1 aromatic heterocycles. The minimum absolute atomic E-state index is 0. The molecule has 1 heterocycles. The minimum atomic E-state index is -1.43. The van der Waals surface area contributed by atoms with E-state index in [-0.39, 0.29) is 52.9 Å². The van der Waals surface area contributed by atoms with Gasteiger partial charge in [-0.05, 0) is 65.9 Å². The normalized spacial score (nSPS) is 11.5. The van der Waals surface area contributed by atoms with Crippen LogP contribution < -0.4 is 39.4 Å². The minimum Gasteiger partial charge on any atom is -0.545 e. The van der Waals surface area contributed by atoms with Crippen LogP contribution in [-0.2, 0) is 11.2 Å². The molecule has 0 N–H and O–H groups in total. The van der Waals surface area contributed by atoms with E-state index in [1.54, 1.807) is 67.4 Å². The summed E-state index contributed by atoms with van der Waals surface area (Å²) in [6.45, 7) is 0. The zero-order valence-electron chi connectivity index (χ0n) is 18.9. The Morgan fingerprint density at radius 1 is 0.971 bits per heavy atom. The number of carbonyl (C=O) groups is 2. The van der Waals surface area contributed by atoms with Crippen molar-refractivity contribution in [2.45, 2.75) is 11.3 Å². The van der Waals surface area contributed by atoms with Crippen molar-refractivity contribution < 1.29 is 49.0 Å². The van der Waals surface area contributed by atoms with Crippen LogP contribution in [0.3, 0.4) is 0 Å². The Morgan fingerprint density at radius 3 is 2.35 bits per heavy atom. The standard InChI is InChI=1S/C25H20N2O4S2.Na/c1-31-18-5-3-4-15(12-18)13-20(24(28)16-6-9-19(32-2)10-7-16)23(25(29)30)17-8-11-21-22(14-17)27-33-26-21;/h3-12,14H,13H2,1-2H3,(H,29,30);/q;+1/p-1. The van der Waals surface area contributed by atoms with Gasteiger partial charge in [-0.1, -0.05) is 18.2 Å². The first kappa shape index (κ1) is 26.1. The number of aliphatic carboxylic acids is 1. The van der Waals surface area contributed by atoms with Crippen molar-refractivity contribution in [3.8, 4) is 5.75 Å². The summed E-state index contributed by atoms with van der Waals surface area (Å²) in [7, 11) is 1.55. The molecule has 166 valence electrons. The second-order valence-electron chi connectivity index (χ2n) is 7.19. The number of ketones is 1. The molecule has 3 aromatic carbocycles. The number of rotatable bonds is 8. The number of methoxy groups -OCH3 is 1. The van der Waals surface area contributed by atoms with Crippen LogP contribution in [0.1, 0.15) is 21.5 Å². The van der Waals surface area contributed by atoms with Crippen LogP contribution in [0.5, 0.6) is 5.75 Å². The largest absolute Gasteiger partial charge is 1.00 e. The molecule has 4 aromatic rings. The fourth-order valence-electron chi connectivity index (χ4n) is 3.54. The first-order valence-electron chi connectivity index (χ1n) is 9.99. The number of benzene rings is 3. The van der Waals surface area contributed by atoms with Gasteiger partial charge in [0.1, 0.15) is 16.8 Å². The van der Waals surface area contributed by atoms with Gasteiger partial charge in [0.25, 0.3) is 0 Å². The van der Waals surface area contributed by atoms with Gasteiger partial charge in [0.2, 0.25) is 0 Å². The molecule has 6 nitrogen and oxygen atoms in total. The predicted molar refractivity (Wildman–Crippen MR) is 129 cm³/mol. The van der Waals surface area contributed by atoms with Gasteiger partial charge in [-0.15, -0.1) is 11.8 Å². The van der Waals surface area contributed by atoms with E-state index in [9.17, 15) is 14.7 Å². The fourth-order valence-corrected chi connectivity index (χ4v) is 4.46. The number of carbonyl (C=O) groups excluding carboxylic acids is 2. The molecule has 0 saturated carbocycles. The Hall–Kier alpha value is -2.49. The van der Waals surface area contributed by atoms with Gasteiger partial charge in [-0.3, -0.25) is 4.79 Å². The molecular weight excluding hydrogens is 479 g/mol. The van der Waals surface area contributed by atoms with E-state index in [2.05, 4.69) is 8.75 Å². The molecule has 0 aliphatic carbocycles. The molecule has 0 unspecified atom stereocenters. The molecule has 4 rings (SSSR count). The topological polar surface area (TPSA) is 92.2 Å². The second-order valence-corrected chi connectivity index (χ2v) is 8.60. The van der Waals surface area contributed by atoms with Gasteiger partial charge >= 0.3 is 29.6 Å². The first-order chi connectivity index (χ1) is 16.0. The van der Waals surface area contributed by atoms with E-state index in [4.69, 9.17) is 4.74 Å². The van der Waals surface area contributed by atoms with E-state index < -0.39 is 5.97 Å². The molecule has 0 atom stereocenters. The van der Waals surface area contributed by atoms with Crippen LogP contribution in [0, 0.1) is 0 Å². The summed E-state index contributed by atoms with van der Waals surface area (Å²) in [5.74, 6) is -1.18. The number of thioether (sulfide) groups is 1. The van der Waals surface area contributed by atoms with Gasteiger partial charge < -0.3 is 14.6 Å². The Kier molecular flexibility index (Phi) is 9.04. The maximum Gasteiger partial charge on any atom is 1.00 e. The van der Waals surface area contributed by atoms with Crippen LogP contribution in [0.4, 0.5) is 0 Å². The maximum absolute atomic E-state index is 13.6. The summed E-state index contributed by atoms with van der Waals surface area (Å²) in [6.07, 6.45) is 2.04. The molecule has 0 radical (unpaired) electrons. The molecule has 9 heteroatoms. The third-order valence-electron chi connectivity index (χ3n) is 5.19. The summed E-state index contributed by atoms with van der Waals surface area (Å²) in [4.78, 5) is 27.0. The average molecular weight is 499 g/mol. The van der Waals surface area contributed by atoms with Crippen molar-refractivity contribution in [3.05, 3.63) is 89.0 Å². The van der Waals surface area contributed by atoms with Crippen molar-refractivity contribution in [2.75, 3.05) is 13.4 Å². The number of aromatic nitrogens is 2. The number of allylic oxidation sites excluding steroid dienone is 1. The summed E-state index contributed by atoms with van der Waals surface area (Å²) in [6, 6.07) is 19.2. The maximum atomic E-state index is 13.6. The Morgan fingerprint density at radius 2 is 1.68 bits per heavy atom. The zero-order chi connectivity index (χ0) is 23.4. The first-order valence-corrected chi connectivity index (χ1v) is 11.9. The quantitative estimate of drug-likeness (QED) is 0.155. The van der Waals surface area contributed by atoms with Crippen molar-refractivity contribution >= 4 is 51.8 Å². The SMILES string of the molecule is COc1cccc(CC(C(=O)c2ccc(SC)cc2)=C(C(=O)[O-])c2ccc3nsnc3c2)c1.[Na+]. The summed E-state index contributed by atoms with van der Waals surface area (Å²) in [5.41, 5.74) is 2.69. The Labute approximate surface area is 227 Å². The Bertz CT molecular complexity index is 1370. The molecule has 0 aliphatic heterocycles. The number of ether oxygens (including phenoxy) is 1. The van der Waals surface area contributed by atoms with Gasteiger partial charge in [0.15, 0.2) is 5.78 Å². The smallest absolute Gasteiger partial charge is 0.545 e. The Balaban J connectivity index is 0.00000324.